The molecule has 0 fully saturated rings. The van der Waals surface area contributed by atoms with Gasteiger partial charge in [-0.15, -0.1) is 0 Å². The van der Waals surface area contributed by atoms with Crippen molar-refractivity contribution in [3.8, 4) is 17.5 Å². The molecular weight excluding hydrogens is 484 g/mol. The Morgan fingerprint density at radius 2 is 1.67 bits per heavy atom. The fourth-order valence-electron chi connectivity index (χ4n) is 3.23. The molecule has 192 valence electrons. The first kappa shape index (κ1) is 27.2. The van der Waals surface area contributed by atoms with E-state index in [2.05, 4.69) is 15.0 Å². The second-order valence-corrected chi connectivity index (χ2v) is 8.25. The van der Waals surface area contributed by atoms with Crippen LogP contribution in [0.2, 0.25) is 5.28 Å². The van der Waals surface area contributed by atoms with Gasteiger partial charge in [0.15, 0.2) is 6.10 Å². The second kappa shape index (κ2) is 13.6. The Bertz CT molecular complexity index is 1110. The van der Waals surface area contributed by atoms with E-state index < -0.39 is 6.10 Å². The Hall–Kier alpha value is -3.43. The van der Waals surface area contributed by atoms with Crippen LogP contribution in [0.15, 0.2) is 48.5 Å². The molecule has 0 spiro atoms. The predicted octanol–water partition coefficient (Wildman–Crippen LogP) is 4.65. The molecule has 0 aliphatic rings. The fourth-order valence-corrected chi connectivity index (χ4v) is 3.38. The molecule has 1 aromatic heterocycles. The van der Waals surface area contributed by atoms with Crippen LogP contribution in [0.1, 0.15) is 25.0 Å². The summed E-state index contributed by atoms with van der Waals surface area (Å²) in [4.78, 5) is 26.4. The molecule has 1 atom stereocenters. The number of carbonyl (C=O) groups excluding carboxylic acids is 1. The number of nitrogens with zero attached hydrogens (tertiary/aromatic N) is 4. The topological polar surface area (TPSA) is 95.9 Å². The molecule has 1 heterocycles. The van der Waals surface area contributed by atoms with E-state index in [1.54, 1.807) is 11.8 Å². The highest BCUT2D eigenvalue weighted by Crippen LogP contribution is 2.21. The number of aryl methyl sites for hydroxylation is 1. The molecule has 0 aliphatic heterocycles. The number of rotatable bonds is 13. The van der Waals surface area contributed by atoms with Crippen LogP contribution in [0.5, 0.6) is 17.5 Å². The van der Waals surface area contributed by atoms with Gasteiger partial charge >= 0.3 is 12.0 Å². The van der Waals surface area contributed by atoms with Crippen molar-refractivity contribution in [1.82, 2.24) is 15.0 Å². The Labute approximate surface area is 216 Å². The summed E-state index contributed by atoms with van der Waals surface area (Å²) in [6, 6.07) is 15.2. The molecule has 36 heavy (non-hydrogen) atoms. The van der Waals surface area contributed by atoms with Gasteiger partial charge in [0.05, 0.1) is 13.2 Å². The van der Waals surface area contributed by atoms with Crippen molar-refractivity contribution < 1.29 is 23.7 Å². The maximum atomic E-state index is 12.1. The van der Waals surface area contributed by atoms with Gasteiger partial charge in [0.25, 0.3) is 0 Å². The number of hydrogen-bond donors (Lipinski definition) is 0. The van der Waals surface area contributed by atoms with Gasteiger partial charge < -0.3 is 23.8 Å². The lowest BCUT2D eigenvalue weighted by atomic mass is 10.1. The van der Waals surface area contributed by atoms with Crippen molar-refractivity contribution in [3.05, 3.63) is 64.9 Å². The summed E-state index contributed by atoms with van der Waals surface area (Å²) in [5.41, 5.74) is 2.07. The summed E-state index contributed by atoms with van der Waals surface area (Å²) < 4.78 is 22.2. The van der Waals surface area contributed by atoms with Crippen LogP contribution in [-0.2, 0) is 20.7 Å². The molecule has 0 saturated carbocycles. The van der Waals surface area contributed by atoms with Crippen molar-refractivity contribution in [2.24, 2.45) is 0 Å². The van der Waals surface area contributed by atoms with E-state index in [-0.39, 0.29) is 17.3 Å². The summed E-state index contributed by atoms with van der Waals surface area (Å²) in [6.07, 6.45) is -0.189. The van der Waals surface area contributed by atoms with Gasteiger partial charge in [-0.05, 0) is 62.2 Å². The third-order valence-corrected chi connectivity index (χ3v) is 5.27. The van der Waals surface area contributed by atoms with Gasteiger partial charge in [-0.1, -0.05) is 29.8 Å². The number of aromatic nitrogens is 3. The third kappa shape index (κ3) is 8.35. The molecule has 10 heteroatoms. The summed E-state index contributed by atoms with van der Waals surface area (Å²) in [6.45, 7) is 7.27. The van der Waals surface area contributed by atoms with Crippen LogP contribution in [-0.4, -0.2) is 60.4 Å². The maximum absolute atomic E-state index is 12.1. The molecule has 1 unspecified atom stereocenters. The number of halogens is 1. The van der Waals surface area contributed by atoms with Gasteiger partial charge in [0.2, 0.25) is 11.2 Å². The van der Waals surface area contributed by atoms with E-state index >= 15 is 0 Å². The summed E-state index contributed by atoms with van der Waals surface area (Å²) in [7, 11) is 1.83. The molecule has 3 aromatic rings. The fraction of sp³-hybridized carbons (Fsp3) is 0.385. The van der Waals surface area contributed by atoms with Crippen LogP contribution >= 0.6 is 11.6 Å². The van der Waals surface area contributed by atoms with E-state index in [0.29, 0.717) is 50.2 Å². The van der Waals surface area contributed by atoms with E-state index in [1.165, 1.54) is 0 Å². The minimum absolute atomic E-state index is 0.0404. The summed E-state index contributed by atoms with van der Waals surface area (Å²) in [5.74, 6) is 1.33. The zero-order valence-electron chi connectivity index (χ0n) is 20.9. The molecule has 3 rings (SSSR count). The largest absolute Gasteiger partial charge is 0.492 e. The smallest absolute Gasteiger partial charge is 0.335 e. The minimum Gasteiger partial charge on any atom is -0.492 e. The lowest BCUT2D eigenvalue weighted by Gasteiger charge is -2.18. The maximum Gasteiger partial charge on any atom is 0.335 e. The predicted molar refractivity (Wildman–Crippen MR) is 137 cm³/mol. The van der Waals surface area contributed by atoms with Gasteiger partial charge in [-0.2, -0.15) is 15.0 Å². The lowest BCUT2D eigenvalue weighted by molar-refractivity contribution is -0.156. The minimum atomic E-state index is -0.623. The molecule has 0 bridgehead atoms. The van der Waals surface area contributed by atoms with Crippen molar-refractivity contribution in [3.63, 3.8) is 0 Å². The number of likely N-dealkylation sites (N-methyl/N-ethyl adjacent to an activating group) is 1. The molecule has 0 aliphatic carbocycles. The van der Waals surface area contributed by atoms with Crippen molar-refractivity contribution in [1.29, 1.82) is 0 Å². The number of anilines is 1. The first-order valence-electron chi connectivity index (χ1n) is 11.7. The quantitative estimate of drug-likeness (QED) is 0.302. The first-order chi connectivity index (χ1) is 17.4. The zero-order chi connectivity index (χ0) is 25.9. The van der Waals surface area contributed by atoms with Gasteiger partial charge in [-0.25, -0.2) is 4.79 Å². The number of carbonyl (C=O) groups is 1. The highest BCUT2D eigenvalue weighted by atomic mass is 35.5. The van der Waals surface area contributed by atoms with E-state index in [4.69, 9.17) is 30.5 Å². The van der Waals surface area contributed by atoms with Crippen LogP contribution in [0, 0.1) is 6.92 Å². The average molecular weight is 515 g/mol. The lowest BCUT2D eigenvalue weighted by Crippen LogP contribution is -2.29. The van der Waals surface area contributed by atoms with E-state index in [0.717, 1.165) is 11.1 Å². The molecular formula is C26H31ClN4O5. The Kier molecular flexibility index (Phi) is 10.3. The normalized spacial score (nSPS) is 11.6. The van der Waals surface area contributed by atoms with Crippen LogP contribution < -0.4 is 14.4 Å². The van der Waals surface area contributed by atoms with E-state index in [1.807, 2.05) is 69.4 Å². The zero-order valence-corrected chi connectivity index (χ0v) is 21.7. The SMILES string of the molecule is CCOC(=O)C(Cc1ccc(OCCN(C)c2nc(Cl)nc(Oc3ccc(C)cc3)n2)cc1)OCC. The van der Waals surface area contributed by atoms with Crippen molar-refractivity contribution >= 4 is 23.5 Å². The molecule has 0 radical (unpaired) electrons. The number of esters is 1. The molecule has 0 amide bonds. The molecule has 2 aromatic carbocycles. The van der Waals surface area contributed by atoms with Crippen LogP contribution in [0.4, 0.5) is 5.95 Å². The number of ether oxygens (including phenoxy) is 4. The summed E-state index contributed by atoms with van der Waals surface area (Å²) in [5, 5.41) is 0.0404. The monoisotopic (exact) mass is 514 g/mol. The van der Waals surface area contributed by atoms with E-state index in [9.17, 15) is 4.79 Å². The highest BCUT2D eigenvalue weighted by molar-refractivity contribution is 6.28. The van der Waals surface area contributed by atoms with Gasteiger partial charge in [0, 0.05) is 20.1 Å². The number of hydrogen-bond acceptors (Lipinski definition) is 9. The Morgan fingerprint density at radius 1 is 0.972 bits per heavy atom. The van der Waals surface area contributed by atoms with Crippen molar-refractivity contribution in [2.75, 3.05) is 38.3 Å². The number of benzene rings is 2. The standard InChI is InChI=1S/C26H31ClN4O5/c1-5-33-22(23(32)34-6-2)17-19-9-13-20(14-10-19)35-16-15-31(4)25-28-24(27)29-26(30-25)36-21-11-7-18(3)8-12-21/h7-14,22H,5-6,15-17H2,1-4H3. The summed E-state index contributed by atoms with van der Waals surface area (Å²) >= 11 is 6.08. The molecule has 9 nitrogen and oxygen atoms in total. The Balaban J connectivity index is 1.52. The highest BCUT2D eigenvalue weighted by Gasteiger charge is 2.20. The van der Waals surface area contributed by atoms with Gasteiger partial charge in [-0.3, -0.25) is 0 Å². The van der Waals surface area contributed by atoms with Crippen molar-refractivity contribution in [2.45, 2.75) is 33.3 Å². The third-order valence-electron chi connectivity index (χ3n) is 5.10. The van der Waals surface area contributed by atoms with Crippen LogP contribution in [0.3, 0.4) is 0 Å². The average Bonchev–Trinajstić information content (AvgIpc) is 2.86. The first-order valence-corrected chi connectivity index (χ1v) is 12.1. The second-order valence-electron chi connectivity index (χ2n) is 7.92. The molecule has 0 saturated heterocycles. The van der Waals surface area contributed by atoms with Gasteiger partial charge in [0.1, 0.15) is 18.1 Å². The Morgan fingerprint density at radius 3 is 2.33 bits per heavy atom. The molecule has 0 N–H and O–H groups in total. The van der Waals surface area contributed by atoms with Crippen LogP contribution in [0.25, 0.3) is 0 Å².